The van der Waals surface area contributed by atoms with Crippen LogP contribution in [0.2, 0.25) is 0 Å². The van der Waals surface area contributed by atoms with Gasteiger partial charge in [0.1, 0.15) is 17.0 Å². The van der Waals surface area contributed by atoms with Crippen LogP contribution in [0.4, 0.5) is 13.2 Å². The monoisotopic (exact) mass is 332 g/mol. The molecule has 0 radical (unpaired) electrons. The Morgan fingerprint density at radius 3 is 2.25 bits per heavy atom. The summed E-state index contributed by atoms with van der Waals surface area (Å²) in [5.74, 6) is 0.489. The molecule has 0 saturated heterocycles. The number of benzene rings is 2. The molecule has 0 aliphatic carbocycles. The normalized spacial score (nSPS) is 11.5. The third-order valence-corrected chi connectivity index (χ3v) is 3.72. The molecule has 124 valence electrons. The molecule has 3 aromatic rings. The second kappa shape index (κ2) is 6.03. The molecule has 0 atom stereocenters. The van der Waals surface area contributed by atoms with Crippen molar-refractivity contribution in [3.8, 4) is 28.3 Å². The molecule has 2 aromatic carbocycles. The molecule has 6 heteroatoms. The number of aryl methyl sites for hydroxylation is 1. The standard InChI is InChI=1S/C18H15F3N2O/c1-23-17(13-9-6-10-14(11-13)24-2)15(18(19,20)21)16(22-23)12-7-4-3-5-8-12/h3-11H,1-2H3. The fraction of sp³-hybridized carbons (Fsp3) is 0.167. The molecule has 0 bridgehead atoms. The minimum atomic E-state index is -4.53. The van der Waals surface area contributed by atoms with Crippen molar-refractivity contribution in [3.05, 3.63) is 60.2 Å². The maximum absolute atomic E-state index is 13.8. The Morgan fingerprint density at radius 1 is 0.958 bits per heavy atom. The predicted molar refractivity (Wildman–Crippen MR) is 85.6 cm³/mol. The lowest BCUT2D eigenvalue weighted by atomic mass is 10.0. The summed E-state index contributed by atoms with van der Waals surface area (Å²) in [4.78, 5) is 0. The Balaban J connectivity index is 2.28. The molecule has 0 saturated carbocycles. The largest absolute Gasteiger partial charge is 0.497 e. The number of hydrogen-bond acceptors (Lipinski definition) is 2. The Morgan fingerprint density at radius 2 is 1.62 bits per heavy atom. The fourth-order valence-electron chi connectivity index (χ4n) is 2.69. The fourth-order valence-corrected chi connectivity index (χ4v) is 2.69. The minimum absolute atomic E-state index is 0.0141. The van der Waals surface area contributed by atoms with E-state index >= 15 is 0 Å². The summed E-state index contributed by atoms with van der Waals surface area (Å²) in [6.07, 6.45) is -4.53. The van der Waals surface area contributed by atoms with Crippen LogP contribution < -0.4 is 4.74 Å². The van der Waals surface area contributed by atoms with Gasteiger partial charge >= 0.3 is 6.18 Å². The molecule has 0 aliphatic rings. The van der Waals surface area contributed by atoms with Gasteiger partial charge in [0.15, 0.2) is 0 Å². The molecule has 0 unspecified atom stereocenters. The van der Waals surface area contributed by atoms with Crippen molar-refractivity contribution in [1.82, 2.24) is 9.78 Å². The molecule has 0 fully saturated rings. The van der Waals surface area contributed by atoms with Crippen LogP contribution in [0.3, 0.4) is 0 Å². The van der Waals surface area contributed by atoms with Crippen molar-refractivity contribution < 1.29 is 17.9 Å². The summed E-state index contributed by atoms with van der Waals surface area (Å²) in [7, 11) is 2.99. The zero-order valence-electron chi connectivity index (χ0n) is 13.1. The van der Waals surface area contributed by atoms with E-state index in [0.29, 0.717) is 16.9 Å². The molecular formula is C18H15F3N2O. The molecule has 0 aliphatic heterocycles. The zero-order valence-corrected chi connectivity index (χ0v) is 13.1. The van der Waals surface area contributed by atoms with E-state index in [1.165, 1.54) is 18.8 Å². The Labute approximate surface area is 137 Å². The molecule has 24 heavy (non-hydrogen) atoms. The number of hydrogen-bond donors (Lipinski definition) is 0. The van der Waals surface area contributed by atoms with Crippen molar-refractivity contribution in [3.63, 3.8) is 0 Å². The highest BCUT2D eigenvalue weighted by atomic mass is 19.4. The van der Waals surface area contributed by atoms with Gasteiger partial charge in [-0.2, -0.15) is 18.3 Å². The maximum Gasteiger partial charge on any atom is 0.420 e. The predicted octanol–water partition coefficient (Wildman–Crippen LogP) is 4.78. The lowest BCUT2D eigenvalue weighted by Crippen LogP contribution is -2.08. The van der Waals surface area contributed by atoms with Gasteiger partial charge in [-0.3, -0.25) is 4.68 Å². The van der Waals surface area contributed by atoms with E-state index in [-0.39, 0.29) is 11.4 Å². The first-order valence-corrected chi connectivity index (χ1v) is 7.26. The molecule has 1 aromatic heterocycles. The van der Waals surface area contributed by atoms with E-state index < -0.39 is 11.7 Å². The van der Waals surface area contributed by atoms with Crippen LogP contribution in [0, 0.1) is 0 Å². The first-order valence-electron chi connectivity index (χ1n) is 7.26. The first kappa shape index (κ1) is 16.1. The van der Waals surface area contributed by atoms with E-state index in [2.05, 4.69) is 5.10 Å². The van der Waals surface area contributed by atoms with E-state index in [1.807, 2.05) is 0 Å². The number of rotatable bonds is 3. The summed E-state index contributed by atoms with van der Waals surface area (Å²) in [6.45, 7) is 0. The Kier molecular flexibility index (Phi) is 4.05. The molecule has 3 rings (SSSR count). The number of halogens is 3. The van der Waals surface area contributed by atoms with Gasteiger partial charge in [-0.25, -0.2) is 0 Å². The summed E-state index contributed by atoms with van der Waals surface area (Å²) in [5.41, 5.74) is 0.0153. The minimum Gasteiger partial charge on any atom is -0.497 e. The maximum atomic E-state index is 13.8. The highest BCUT2D eigenvalue weighted by molar-refractivity contribution is 5.76. The zero-order chi connectivity index (χ0) is 17.3. The molecule has 1 heterocycles. The highest BCUT2D eigenvalue weighted by Crippen LogP contribution is 2.43. The highest BCUT2D eigenvalue weighted by Gasteiger charge is 2.40. The number of alkyl halides is 3. The number of aromatic nitrogens is 2. The van der Waals surface area contributed by atoms with Crippen LogP contribution in [0.25, 0.3) is 22.5 Å². The lowest BCUT2D eigenvalue weighted by molar-refractivity contribution is -0.136. The Hall–Kier alpha value is -2.76. The van der Waals surface area contributed by atoms with Gasteiger partial charge in [0, 0.05) is 18.2 Å². The summed E-state index contributed by atoms with van der Waals surface area (Å²) in [5, 5.41) is 4.14. The third kappa shape index (κ3) is 2.87. The van der Waals surface area contributed by atoms with Gasteiger partial charge in [-0.15, -0.1) is 0 Å². The van der Waals surface area contributed by atoms with Crippen LogP contribution in [-0.2, 0) is 13.2 Å². The van der Waals surface area contributed by atoms with Gasteiger partial charge < -0.3 is 4.74 Å². The van der Waals surface area contributed by atoms with Gasteiger partial charge in [-0.1, -0.05) is 42.5 Å². The topological polar surface area (TPSA) is 27.1 Å². The molecule has 0 spiro atoms. The van der Waals surface area contributed by atoms with Gasteiger partial charge in [0.05, 0.1) is 12.8 Å². The lowest BCUT2D eigenvalue weighted by Gasteiger charge is -2.12. The van der Waals surface area contributed by atoms with Crippen LogP contribution in [0.1, 0.15) is 5.56 Å². The van der Waals surface area contributed by atoms with Crippen molar-refractivity contribution >= 4 is 0 Å². The number of ether oxygens (including phenoxy) is 1. The van der Waals surface area contributed by atoms with Crippen LogP contribution >= 0.6 is 0 Å². The summed E-state index contributed by atoms with van der Waals surface area (Å²) < 4.78 is 47.8. The second-order valence-corrected chi connectivity index (χ2v) is 5.29. The summed E-state index contributed by atoms with van der Waals surface area (Å²) >= 11 is 0. The summed E-state index contributed by atoms with van der Waals surface area (Å²) in [6, 6.07) is 14.9. The van der Waals surface area contributed by atoms with Gasteiger partial charge in [0.25, 0.3) is 0 Å². The SMILES string of the molecule is COc1cccc(-c2c(C(F)(F)F)c(-c3ccccc3)nn2C)c1. The Bertz CT molecular complexity index is 854. The van der Waals surface area contributed by atoms with E-state index in [9.17, 15) is 13.2 Å². The second-order valence-electron chi connectivity index (χ2n) is 5.29. The van der Waals surface area contributed by atoms with Gasteiger partial charge in [-0.05, 0) is 12.1 Å². The molecule has 0 amide bonds. The van der Waals surface area contributed by atoms with Crippen LogP contribution in [0.5, 0.6) is 5.75 Å². The van der Waals surface area contributed by atoms with Crippen molar-refractivity contribution in [2.45, 2.75) is 6.18 Å². The van der Waals surface area contributed by atoms with Gasteiger partial charge in [0.2, 0.25) is 0 Å². The average molecular weight is 332 g/mol. The van der Waals surface area contributed by atoms with Crippen molar-refractivity contribution in [2.75, 3.05) is 7.11 Å². The third-order valence-electron chi connectivity index (χ3n) is 3.72. The smallest absolute Gasteiger partial charge is 0.420 e. The van der Waals surface area contributed by atoms with Crippen LogP contribution in [0.15, 0.2) is 54.6 Å². The number of methoxy groups -OCH3 is 1. The average Bonchev–Trinajstić information content (AvgIpc) is 2.93. The quantitative estimate of drug-likeness (QED) is 0.690. The molecular weight excluding hydrogens is 317 g/mol. The molecule has 3 nitrogen and oxygen atoms in total. The molecule has 0 N–H and O–H groups in total. The van der Waals surface area contributed by atoms with Crippen LogP contribution in [-0.4, -0.2) is 16.9 Å². The van der Waals surface area contributed by atoms with E-state index in [0.717, 1.165) is 0 Å². The van der Waals surface area contributed by atoms with E-state index in [4.69, 9.17) is 4.74 Å². The van der Waals surface area contributed by atoms with Crippen molar-refractivity contribution in [2.24, 2.45) is 7.05 Å². The van der Waals surface area contributed by atoms with Crippen molar-refractivity contribution in [1.29, 1.82) is 0 Å². The van der Waals surface area contributed by atoms with E-state index in [1.54, 1.807) is 54.6 Å². The first-order chi connectivity index (χ1) is 11.4. The number of nitrogens with zero attached hydrogens (tertiary/aromatic N) is 2.